The minimum absolute atomic E-state index is 0. The maximum absolute atomic E-state index is 12.7. The predicted octanol–water partition coefficient (Wildman–Crippen LogP) is 4.24. The first kappa shape index (κ1) is 22.2. The van der Waals surface area contributed by atoms with Crippen molar-refractivity contribution in [1.29, 1.82) is 0 Å². The van der Waals surface area contributed by atoms with Gasteiger partial charge in [-0.1, -0.05) is 18.2 Å². The largest absolute Gasteiger partial charge is 0.507 e. The van der Waals surface area contributed by atoms with Gasteiger partial charge >= 0.3 is 0 Å². The number of ether oxygens (including phenoxy) is 1. The number of aromatic hydroxyl groups is 1. The van der Waals surface area contributed by atoms with Crippen LogP contribution in [0, 0.1) is 0 Å². The number of phenols is 1. The fraction of sp³-hybridized carbons (Fsp3) is 0.375. The van der Waals surface area contributed by atoms with E-state index in [0.29, 0.717) is 18.7 Å². The summed E-state index contributed by atoms with van der Waals surface area (Å²) in [5, 5.41) is 14.3. The third kappa shape index (κ3) is 4.05. The molecule has 6 heteroatoms. The summed E-state index contributed by atoms with van der Waals surface area (Å²) in [6.45, 7) is 6.99. The van der Waals surface area contributed by atoms with E-state index < -0.39 is 0 Å². The van der Waals surface area contributed by atoms with Gasteiger partial charge in [0.1, 0.15) is 17.1 Å². The maximum atomic E-state index is 12.7. The summed E-state index contributed by atoms with van der Waals surface area (Å²) >= 11 is 0. The molecular weight excluding hydrogens is 400 g/mol. The number of hydrogen-bond donors (Lipinski definition) is 2. The Labute approximate surface area is 184 Å². The standard InChI is InChI=1S/C24H28N2O3.ClH/c1-3-26(4-2)23(28)17-9-10-18(21(27)15-17)20-16-24(11-13-25-14-12-24)29-22-8-6-5-7-19(20)22;/h5-10,15-16,25,27H,3-4,11-14H2,1-2H3;1H. The highest BCUT2D eigenvalue weighted by molar-refractivity contribution is 5.96. The molecule has 2 aliphatic rings. The second-order valence-electron chi connectivity index (χ2n) is 7.68. The van der Waals surface area contributed by atoms with Gasteiger partial charge in [-0.2, -0.15) is 0 Å². The van der Waals surface area contributed by atoms with Crippen LogP contribution in [-0.4, -0.2) is 47.7 Å². The summed E-state index contributed by atoms with van der Waals surface area (Å²) in [5.74, 6) is 0.901. The van der Waals surface area contributed by atoms with Crippen molar-refractivity contribution >= 4 is 23.9 Å². The van der Waals surface area contributed by atoms with Crippen molar-refractivity contribution < 1.29 is 14.6 Å². The van der Waals surface area contributed by atoms with Gasteiger partial charge in [0, 0.05) is 42.6 Å². The van der Waals surface area contributed by atoms with Gasteiger partial charge in [-0.3, -0.25) is 4.79 Å². The predicted molar refractivity (Wildman–Crippen MR) is 122 cm³/mol. The number of rotatable bonds is 4. The summed E-state index contributed by atoms with van der Waals surface area (Å²) in [6, 6.07) is 13.2. The number of para-hydroxylation sites is 1. The number of fused-ring (bicyclic) bond motifs is 1. The van der Waals surface area contributed by atoms with Crippen LogP contribution in [0.2, 0.25) is 0 Å². The van der Waals surface area contributed by atoms with Gasteiger partial charge in [0.2, 0.25) is 0 Å². The van der Waals surface area contributed by atoms with E-state index in [0.717, 1.165) is 48.4 Å². The summed E-state index contributed by atoms with van der Waals surface area (Å²) in [7, 11) is 0. The average molecular weight is 429 g/mol. The number of carbonyl (C=O) groups is 1. The van der Waals surface area contributed by atoms with Crippen molar-refractivity contribution in [1.82, 2.24) is 10.2 Å². The lowest BCUT2D eigenvalue weighted by Crippen LogP contribution is -2.46. The average Bonchev–Trinajstić information content (AvgIpc) is 2.74. The van der Waals surface area contributed by atoms with E-state index in [2.05, 4.69) is 11.4 Å². The van der Waals surface area contributed by atoms with Gasteiger partial charge in [-0.25, -0.2) is 0 Å². The minimum Gasteiger partial charge on any atom is -0.507 e. The first-order valence-electron chi connectivity index (χ1n) is 10.4. The normalized spacial score (nSPS) is 16.7. The van der Waals surface area contributed by atoms with Crippen LogP contribution in [0.15, 0.2) is 48.5 Å². The molecular formula is C24H29ClN2O3. The lowest BCUT2D eigenvalue weighted by molar-refractivity contribution is 0.0771. The highest BCUT2D eigenvalue weighted by Crippen LogP contribution is 2.44. The summed E-state index contributed by atoms with van der Waals surface area (Å²) < 4.78 is 6.42. The number of hydrogen-bond acceptors (Lipinski definition) is 4. The van der Waals surface area contributed by atoms with E-state index in [1.54, 1.807) is 11.0 Å². The van der Waals surface area contributed by atoms with Crippen LogP contribution in [0.5, 0.6) is 11.5 Å². The number of nitrogens with zero attached hydrogens (tertiary/aromatic N) is 1. The molecule has 0 unspecified atom stereocenters. The van der Waals surface area contributed by atoms with E-state index in [4.69, 9.17) is 4.74 Å². The molecule has 2 heterocycles. The minimum atomic E-state index is -0.364. The molecule has 2 aromatic carbocycles. The number of nitrogens with one attached hydrogen (secondary N) is 1. The van der Waals surface area contributed by atoms with Crippen molar-refractivity contribution in [2.45, 2.75) is 32.3 Å². The van der Waals surface area contributed by atoms with Crippen LogP contribution < -0.4 is 10.1 Å². The fourth-order valence-electron chi connectivity index (χ4n) is 4.27. The van der Waals surface area contributed by atoms with Crippen molar-refractivity contribution in [3.63, 3.8) is 0 Å². The monoisotopic (exact) mass is 428 g/mol. The molecule has 0 radical (unpaired) electrons. The zero-order valence-electron chi connectivity index (χ0n) is 17.5. The van der Waals surface area contributed by atoms with E-state index in [1.807, 2.05) is 50.2 Å². The van der Waals surface area contributed by atoms with E-state index in [9.17, 15) is 9.90 Å². The molecule has 0 aromatic heterocycles. The number of carbonyl (C=O) groups excluding carboxylic acids is 1. The molecule has 0 saturated carbocycles. The molecule has 1 amide bonds. The molecule has 4 rings (SSSR count). The van der Waals surface area contributed by atoms with Crippen molar-refractivity contribution in [2.24, 2.45) is 0 Å². The van der Waals surface area contributed by atoms with Crippen LogP contribution in [0.1, 0.15) is 48.2 Å². The van der Waals surface area contributed by atoms with E-state index >= 15 is 0 Å². The molecule has 1 spiro atoms. The van der Waals surface area contributed by atoms with Crippen molar-refractivity contribution in [3.8, 4) is 11.5 Å². The SMILES string of the molecule is CCN(CC)C(=O)c1ccc(C2=CC3(CCNCC3)Oc3ccccc32)c(O)c1.Cl. The summed E-state index contributed by atoms with van der Waals surface area (Å²) in [4.78, 5) is 14.4. The zero-order valence-corrected chi connectivity index (χ0v) is 18.3. The highest BCUT2D eigenvalue weighted by Gasteiger charge is 2.37. The number of benzene rings is 2. The van der Waals surface area contributed by atoms with Crippen molar-refractivity contribution in [3.05, 3.63) is 65.2 Å². The molecule has 2 N–H and O–H groups in total. The first-order valence-corrected chi connectivity index (χ1v) is 10.4. The Hall–Kier alpha value is -2.50. The molecule has 1 saturated heterocycles. The summed E-state index contributed by atoms with van der Waals surface area (Å²) in [6.07, 6.45) is 3.92. The summed E-state index contributed by atoms with van der Waals surface area (Å²) in [5.41, 5.74) is 2.81. The molecule has 30 heavy (non-hydrogen) atoms. The van der Waals surface area contributed by atoms with E-state index in [1.165, 1.54) is 0 Å². The van der Waals surface area contributed by atoms with Crippen molar-refractivity contribution in [2.75, 3.05) is 26.2 Å². The van der Waals surface area contributed by atoms with Gasteiger partial charge < -0.3 is 20.1 Å². The number of phenolic OH excluding ortho intramolecular Hbond substituents is 1. The Kier molecular flexibility index (Phi) is 6.74. The van der Waals surface area contributed by atoms with Crippen LogP contribution in [-0.2, 0) is 0 Å². The molecule has 160 valence electrons. The third-order valence-electron chi connectivity index (χ3n) is 5.93. The lowest BCUT2D eigenvalue weighted by Gasteiger charge is -2.40. The molecule has 0 aliphatic carbocycles. The third-order valence-corrected chi connectivity index (χ3v) is 5.93. The highest BCUT2D eigenvalue weighted by atomic mass is 35.5. The first-order chi connectivity index (χ1) is 14.1. The van der Waals surface area contributed by atoms with Crippen LogP contribution in [0.25, 0.3) is 5.57 Å². The van der Waals surface area contributed by atoms with Crippen LogP contribution in [0.3, 0.4) is 0 Å². The topological polar surface area (TPSA) is 61.8 Å². The van der Waals surface area contributed by atoms with E-state index in [-0.39, 0.29) is 29.7 Å². The number of halogens is 1. The maximum Gasteiger partial charge on any atom is 0.253 e. The van der Waals surface area contributed by atoms with Gasteiger partial charge in [0.15, 0.2) is 0 Å². The molecule has 0 bridgehead atoms. The second kappa shape index (κ2) is 9.11. The van der Waals surface area contributed by atoms with Gasteiger partial charge in [-0.15, -0.1) is 12.4 Å². The number of piperidine rings is 1. The Morgan fingerprint density at radius 1 is 1.10 bits per heavy atom. The lowest BCUT2D eigenvalue weighted by atomic mass is 9.83. The quantitative estimate of drug-likeness (QED) is 0.764. The van der Waals surface area contributed by atoms with Gasteiger partial charge in [-0.05, 0) is 62.9 Å². The Balaban J connectivity index is 0.00000256. The van der Waals surface area contributed by atoms with Gasteiger partial charge in [0.25, 0.3) is 5.91 Å². The second-order valence-corrected chi connectivity index (χ2v) is 7.68. The molecule has 0 atom stereocenters. The molecule has 5 nitrogen and oxygen atoms in total. The number of amides is 1. The molecule has 2 aromatic rings. The Bertz CT molecular complexity index is 947. The zero-order chi connectivity index (χ0) is 20.4. The molecule has 2 aliphatic heterocycles. The van der Waals surface area contributed by atoms with Crippen LogP contribution in [0.4, 0.5) is 0 Å². The molecule has 1 fully saturated rings. The van der Waals surface area contributed by atoms with Gasteiger partial charge in [0.05, 0.1) is 0 Å². The Morgan fingerprint density at radius 3 is 2.47 bits per heavy atom. The fourth-order valence-corrected chi connectivity index (χ4v) is 4.27. The Morgan fingerprint density at radius 2 is 1.80 bits per heavy atom. The van der Waals surface area contributed by atoms with Crippen LogP contribution >= 0.6 is 12.4 Å². The smallest absolute Gasteiger partial charge is 0.253 e.